The Morgan fingerprint density at radius 2 is 1.96 bits per heavy atom. The van der Waals surface area contributed by atoms with Gasteiger partial charge in [0.05, 0.1) is 17.0 Å². The van der Waals surface area contributed by atoms with Crippen molar-refractivity contribution in [2.45, 2.75) is 50.4 Å². The molecule has 1 aliphatic rings. The summed E-state index contributed by atoms with van der Waals surface area (Å²) < 4.78 is 0. The molecule has 28 heavy (non-hydrogen) atoms. The van der Waals surface area contributed by atoms with E-state index < -0.39 is 22.9 Å². The van der Waals surface area contributed by atoms with E-state index in [1.54, 1.807) is 12.1 Å². The highest BCUT2D eigenvalue weighted by Gasteiger charge is 2.36. The van der Waals surface area contributed by atoms with Crippen LogP contribution >= 0.6 is 0 Å². The zero-order valence-electron chi connectivity index (χ0n) is 15.8. The molecule has 1 aromatic rings. The summed E-state index contributed by atoms with van der Waals surface area (Å²) in [4.78, 5) is 36.3. The average Bonchev–Trinajstić information content (AvgIpc) is 3.04. The molecular formula is C18H28N6O4. The lowest BCUT2D eigenvalue weighted by molar-refractivity contribution is -0.384. The summed E-state index contributed by atoms with van der Waals surface area (Å²) in [5.41, 5.74) is 17.7. The van der Waals surface area contributed by atoms with E-state index in [1.807, 2.05) is 4.90 Å². The second-order valence-corrected chi connectivity index (χ2v) is 7.10. The van der Waals surface area contributed by atoms with Gasteiger partial charge in [-0.15, -0.1) is 0 Å². The predicted molar refractivity (Wildman–Crippen MR) is 104 cm³/mol. The number of rotatable bonds is 10. The fourth-order valence-electron chi connectivity index (χ4n) is 3.38. The number of carbonyl (C=O) groups is 2. The smallest absolute Gasteiger partial charge is 0.269 e. The number of hydrogen-bond acceptors (Lipinski definition) is 7. The highest BCUT2D eigenvalue weighted by atomic mass is 16.6. The first kappa shape index (κ1) is 21.7. The summed E-state index contributed by atoms with van der Waals surface area (Å²) in [5.74, 6) is -0.715. The van der Waals surface area contributed by atoms with Gasteiger partial charge in [0.2, 0.25) is 11.8 Å². The minimum absolute atomic E-state index is 0.00499. The quantitative estimate of drug-likeness (QED) is 0.238. The second kappa shape index (κ2) is 10.1. The van der Waals surface area contributed by atoms with Crippen molar-refractivity contribution in [3.05, 3.63) is 39.9 Å². The molecular weight excluding hydrogens is 364 g/mol. The first-order chi connectivity index (χ1) is 13.3. The van der Waals surface area contributed by atoms with E-state index in [0.29, 0.717) is 32.5 Å². The fraction of sp³-hybridized carbons (Fsp3) is 0.556. The Hall–Kier alpha value is -2.56. The van der Waals surface area contributed by atoms with Crippen LogP contribution in [0.25, 0.3) is 0 Å². The maximum atomic E-state index is 12.3. The van der Waals surface area contributed by atoms with Gasteiger partial charge in [0.25, 0.3) is 5.69 Å². The Kier molecular flexibility index (Phi) is 7.85. The third-order valence-electron chi connectivity index (χ3n) is 4.92. The largest absolute Gasteiger partial charge is 0.368 e. The Balaban J connectivity index is 1.95. The summed E-state index contributed by atoms with van der Waals surface area (Å²) in [6.07, 6.45) is 2.56. The molecule has 1 saturated heterocycles. The Bertz CT molecular complexity index is 696. The number of nitrogens with zero attached hydrogens (tertiary/aromatic N) is 2. The van der Waals surface area contributed by atoms with Gasteiger partial charge in [0, 0.05) is 31.3 Å². The standard InChI is InChI=1S/C18H28N6O4/c19-8-2-1-3-15(20)18(26)22-13-9-16(17(21)25)23(11-13)10-12-4-6-14(7-5-12)24(27)28/h4-7,13,15-16H,1-3,8-11,19-20H2,(H2,21,25)(H,22,26)/t13-,15-,16-/m0/s1. The van der Waals surface area contributed by atoms with Gasteiger partial charge < -0.3 is 22.5 Å². The van der Waals surface area contributed by atoms with Gasteiger partial charge >= 0.3 is 0 Å². The molecule has 1 heterocycles. The number of nitro benzene ring substituents is 1. The first-order valence-corrected chi connectivity index (χ1v) is 9.34. The molecule has 0 aromatic heterocycles. The lowest BCUT2D eigenvalue weighted by Gasteiger charge is -2.21. The Morgan fingerprint density at radius 3 is 2.54 bits per heavy atom. The molecule has 10 nitrogen and oxygen atoms in total. The summed E-state index contributed by atoms with van der Waals surface area (Å²) in [7, 11) is 0. The molecule has 1 aliphatic heterocycles. The van der Waals surface area contributed by atoms with Crippen LogP contribution in [0.2, 0.25) is 0 Å². The molecule has 0 bridgehead atoms. The summed E-state index contributed by atoms with van der Waals surface area (Å²) in [5, 5.41) is 13.7. The van der Waals surface area contributed by atoms with Crippen molar-refractivity contribution in [2.75, 3.05) is 13.1 Å². The molecule has 0 radical (unpaired) electrons. The topological polar surface area (TPSA) is 171 Å². The van der Waals surface area contributed by atoms with E-state index in [1.165, 1.54) is 12.1 Å². The Labute approximate surface area is 163 Å². The molecule has 0 saturated carbocycles. The number of hydrogen-bond donors (Lipinski definition) is 4. The van der Waals surface area contributed by atoms with Crippen LogP contribution in [0, 0.1) is 10.1 Å². The molecule has 0 unspecified atom stereocenters. The molecule has 3 atom stereocenters. The number of nitrogens with two attached hydrogens (primary N) is 3. The van der Waals surface area contributed by atoms with Gasteiger partial charge in [-0.3, -0.25) is 24.6 Å². The molecule has 154 valence electrons. The molecule has 10 heteroatoms. The van der Waals surface area contributed by atoms with Crippen LogP contribution in [0.5, 0.6) is 0 Å². The van der Waals surface area contributed by atoms with E-state index in [4.69, 9.17) is 17.2 Å². The van der Waals surface area contributed by atoms with Crippen molar-refractivity contribution in [2.24, 2.45) is 17.2 Å². The number of unbranched alkanes of at least 4 members (excludes halogenated alkanes) is 1. The number of non-ortho nitro benzene ring substituents is 1. The highest BCUT2D eigenvalue weighted by molar-refractivity contribution is 5.83. The number of nitro groups is 1. The molecule has 1 aromatic carbocycles. The van der Waals surface area contributed by atoms with Crippen LogP contribution in [0.3, 0.4) is 0 Å². The molecule has 2 rings (SSSR count). The van der Waals surface area contributed by atoms with Crippen molar-refractivity contribution < 1.29 is 14.5 Å². The molecule has 0 spiro atoms. The Morgan fingerprint density at radius 1 is 1.29 bits per heavy atom. The van der Waals surface area contributed by atoms with Gasteiger partial charge in [0.15, 0.2) is 0 Å². The summed E-state index contributed by atoms with van der Waals surface area (Å²) in [6, 6.07) is 4.78. The van der Waals surface area contributed by atoms with Crippen LogP contribution in [0.1, 0.15) is 31.2 Å². The lowest BCUT2D eigenvalue weighted by Crippen LogP contribution is -2.46. The minimum Gasteiger partial charge on any atom is -0.368 e. The van der Waals surface area contributed by atoms with E-state index in [9.17, 15) is 19.7 Å². The number of amides is 2. The lowest BCUT2D eigenvalue weighted by atomic mass is 10.1. The van der Waals surface area contributed by atoms with Crippen LogP contribution in [-0.4, -0.2) is 52.9 Å². The molecule has 0 aliphatic carbocycles. The van der Waals surface area contributed by atoms with Gasteiger partial charge in [-0.2, -0.15) is 0 Å². The van der Waals surface area contributed by atoms with Crippen molar-refractivity contribution >= 4 is 17.5 Å². The third kappa shape index (κ3) is 5.98. The number of carbonyl (C=O) groups excluding carboxylic acids is 2. The maximum Gasteiger partial charge on any atom is 0.269 e. The molecule has 1 fully saturated rings. The van der Waals surface area contributed by atoms with E-state index in [2.05, 4.69) is 5.32 Å². The van der Waals surface area contributed by atoms with E-state index >= 15 is 0 Å². The fourth-order valence-corrected chi connectivity index (χ4v) is 3.38. The van der Waals surface area contributed by atoms with Crippen molar-refractivity contribution in [1.82, 2.24) is 10.2 Å². The van der Waals surface area contributed by atoms with Gasteiger partial charge in [-0.05, 0) is 31.4 Å². The summed E-state index contributed by atoms with van der Waals surface area (Å²) in [6.45, 7) is 1.42. The first-order valence-electron chi connectivity index (χ1n) is 9.34. The van der Waals surface area contributed by atoms with Crippen LogP contribution in [0.15, 0.2) is 24.3 Å². The van der Waals surface area contributed by atoms with Gasteiger partial charge in [-0.1, -0.05) is 18.6 Å². The van der Waals surface area contributed by atoms with E-state index in [0.717, 1.165) is 18.4 Å². The van der Waals surface area contributed by atoms with Crippen LogP contribution in [-0.2, 0) is 16.1 Å². The van der Waals surface area contributed by atoms with Gasteiger partial charge in [0.1, 0.15) is 0 Å². The SMILES string of the molecule is NCCCC[C@H](N)C(=O)N[C@H]1C[C@@H](C(N)=O)N(Cc2ccc([N+](=O)[O-])cc2)C1. The third-order valence-corrected chi connectivity index (χ3v) is 4.92. The second-order valence-electron chi connectivity index (χ2n) is 7.10. The van der Waals surface area contributed by atoms with E-state index in [-0.39, 0.29) is 17.6 Å². The van der Waals surface area contributed by atoms with Crippen molar-refractivity contribution in [3.8, 4) is 0 Å². The minimum atomic E-state index is -0.609. The zero-order valence-corrected chi connectivity index (χ0v) is 15.8. The number of benzene rings is 1. The van der Waals surface area contributed by atoms with Crippen molar-refractivity contribution in [3.63, 3.8) is 0 Å². The normalized spacial score (nSPS) is 20.6. The van der Waals surface area contributed by atoms with Crippen LogP contribution in [0.4, 0.5) is 5.69 Å². The maximum absolute atomic E-state index is 12.3. The number of likely N-dealkylation sites (tertiary alicyclic amines) is 1. The molecule has 7 N–H and O–H groups in total. The van der Waals surface area contributed by atoms with Gasteiger partial charge in [-0.25, -0.2) is 0 Å². The van der Waals surface area contributed by atoms with Crippen LogP contribution < -0.4 is 22.5 Å². The number of nitrogens with one attached hydrogen (secondary N) is 1. The zero-order chi connectivity index (χ0) is 20.7. The summed E-state index contributed by atoms with van der Waals surface area (Å²) >= 11 is 0. The van der Waals surface area contributed by atoms with Crippen molar-refractivity contribution in [1.29, 1.82) is 0 Å². The monoisotopic (exact) mass is 392 g/mol. The average molecular weight is 392 g/mol. The highest BCUT2D eigenvalue weighted by Crippen LogP contribution is 2.22. The predicted octanol–water partition coefficient (Wildman–Crippen LogP) is -0.404. The number of primary amides is 1. The molecule has 2 amide bonds.